The normalized spacial score (nSPS) is 10.4. The molecule has 0 atom stereocenters. The van der Waals surface area contributed by atoms with Gasteiger partial charge >= 0.3 is 0 Å². The maximum absolute atomic E-state index is 13.5. The Morgan fingerprint density at radius 1 is 1.39 bits per heavy atom. The molecule has 0 aliphatic carbocycles. The molecule has 0 aliphatic rings. The van der Waals surface area contributed by atoms with Gasteiger partial charge in [-0.15, -0.1) is 0 Å². The van der Waals surface area contributed by atoms with Crippen molar-refractivity contribution in [1.29, 1.82) is 0 Å². The first-order valence-corrected chi connectivity index (χ1v) is 5.84. The summed E-state index contributed by atoms with van der Waals surface area (Å²) in [6.07, 6.45) is 1.69. The van der Waals surface area contributed by atoms with Crippen molar-refractivity contribution in [2.45, 2.75) is 13.3 Å². The van der Waals surface area contributed by atoms with Crippen LogP contribution >= 0.6 is 11.6 Å². The molecule has 0 spiro atoms. The average Bonchev–Trinajstić information content (AvgIpc) is 2.35. The van der Waals surface area contributed by atoms with E-state index in [0.29, 0.717) is 10.7 Å². The summed E-state index contributed by atoms with van der Waals surface area (Å²) in [5, 5.41) is 0.345. The first-order valence-electron chi connectivity index (χ1n) is 5.46. The number of ketones is 1. The number of halogens is 2. The number of pyridine rings is 1. The molecule has 4 heteroatoms. The second kappa shape index (κ2) is 5.27. The van der Waals surface area contributed by atoms with Crippen LogP contribution in [0.1, 0.15) is 21.6 Å². The quantitative estimate of drug-likeness (QED) is 0.792. The molecule has 1 aromatic heterocycles. The van der Waals surface area contributed by atoms with E-state index in [-0.39, 0.29) is 17.8 Å². The second-order valence-electron chi connectivity index (χ2n) is 3.99. The molecule has 92 valence electrons. The summed E-state index contributed by atoms with van der Waals surface area (Å²) >= 11 is 5.76. The minimum atomic E-state index is -0.557. The van der Waals surface area contributed by atoms with Crippen molar-refractivity contribution < 1.29 is 9.18 Å². The van der Waals surface area contributed by atoms with E-state index in [9.17, 15) is 9.18 Å². The summed E-state index contributed by atoms with van der Waals surface area (Å²) in [7, 11) is 0. The minimum Gasteiger partial charge on any atom is -0.294 e. The van der Waals surface area contributed by atoms with Gasteiger partial charge in [0.25, 0.3) is 0 Å². The van der Waals surface area contributed by atoms with Gasteiger partial charge in [-0.2, -0.15) is 0 Å². The Kier molecular flexibility index (Phi) is 3.72. The third-order valence-electron chi connectivity index (χ3n) is 2.67. The predicted molar refractivity (Wildman–Crippen MR) is 68.4 cm³/mol. The molecule has 2 aromatic rings. The Bertz CT molecular complexity index is 598. The van der Waals surface area contributed by atoms with Gasteiger partial charge in [0.2, 0.25) is 0 Å². The highest BCUT2D eigenvalue weighted by Gasteiger charge is 2.14. The van der Waals surface area contributed by atoms with Crippen LogP contribution in [-0.2, 0) is 6.42 Å². The Labute approximate surface area is 109 Å². The fourth-order valence-corrected chi connectivity index (χ4v) is 1.83. The fraction of sp³-hybridized carbons (Fsp3) is 0.143. The van der Waals surface area contributed by atoms with E-state index in [4.69, 9.17) is 11.6 Å². The van der Waals surface area contributed by atoms with E-state index in [1.165, 1.54) is 18.2 Å². The minimum absolute atomic E-state index is 0.00699. The summed E-state index contributed by atoms with van der Waals surface area (Å²) in [4.78, 5) is 16.1. The molecule has 0 aliphatic heterocycles. The highest BCUT2D eigenvalue weighted by molar-refractivity contribution is 6.31. The third-order valence-corrected chi connectivity index (χ3v) is 2.91. The largest absolute Gasteiger partial charge is 0.294 e. The van der Waals surface area contributed by atoms with E-state index in [2.05, 4.69) is 4.98 Å². The summed E-state index contributed by atoms with van der Waals surface area (Å²) in [6, 6.07) is 7.62. The van der Waals surface area contributed by atoms with Crippen LogP contribution in [0.3, 0.4) is 0 Å². The number of aromatic nitrogens is 1. The summed E-state index contributed by atoms with van der Waals surface area (Å²) in [6.45, 7) is 1.87. The summed E-state index contributed by atoms with van der Waals surface area (Å²) in [5.41, 5.74) is 1.57. The number of carbonyl (C=O) groups excluding carboxylic acids is 1. The van der Waals surface area contributed by atoms with Gasteiger partial charge in [0.15, 0.2) is 5.78 Å². The van der Waals surface area contributed by atoms with Crippen molar-refractivity contribution in [2.24, 2.45) is 0 Å². The number of hydrogen-bond acceptors (Lipinski definition) is 2. The number of carbonyl (C=O) groups is 1. The van der Waals surface area contributed by atoms with Crippen LogP contribution in [0.15, 0.2) is 36.5 Å². The molecule has 0 unspecified atom stereocenters. The van der Waals surface area contributed by atoms with E-state index in [0.717, 1.165) is 5.56 Å². The molecular formula is C14H11ClFNO. The number of benzene rings is 1. The molecular weight excluding hydrogens is 253 g/mol. The number of hydrogen-bond donors (Lipinski definition) is 0. The van der Waals surface area contributed by atoms with Crippen molar-refractivity contribution in [1.82, 2.24) is 4.98 Å². The Balaban J connectivity index is 2.28. The zero-order valence-electron chi connectivity index (χ0n) is 9.78. The number of nitrogens with zero attached hydrogens (tertiary/aromatic N) is 1. The van der Waals surface area contributed by atoms with Crippen LogP contribution < -0.4 is 0 Å². The zero-order chi connectivity index (χ0) is 13.1. The monoisotopic (exact) mass is 263 g/mol. The Morgan fingerprint density at radius 2 is 2.17 bits per heavy atom. The average molecular weight is 264 g/mol. The zero-order valence-corrected chi connectivity index (χ0v) is 10.5. The predicted octanol–water partition coefficient (Wildman–Crippen LogP) is 3.61. The molecule has 1 aromatic carbocycles. The van der Waals surface area contributed by atoms with Gasteiger partial charge in [-0.1, -0.05) is 17.7 Å². The van der Waals surface area contributed by atoms with Crippen LogP contribution in [0.25, 0.3) is 0 Å². The van der Waals surface area contributed by atoms with Crippen molar-refractivity contribution in [3.63, 3.8) is 0 Å². The van der Waals surface area contributed by atoms with E-state index < -0.39 is 5.82 Å². The summed E-state index contributed by atoms with van der Waals surface area (Å²) in [5.74, 6) is -0.880. The molecule has 0 amide bonds. The van der Waals surface area contributed by atoms with Crippen LogP contribution in [0.2, 0.25) is 5.02 Å². The number of rotatable bonds is 3. The smallest absolute Gasteiger partial charge is 0.171 e. The molecule has 0 radical (unpaired) electrons. The lowest BCUT2D eigenvalue weighted by Crippen LogP contribution is -2.08. The standard InChI is InChI=1S/C14H11ClFNO/c1-9-3-2-6-17-13(9)8-14(18)11-7-10(15)4-5-12(11)16/h2-7H,8H2,1H3. The van der Waals surface area contributed by atoms with Gasteiger partial charge in [-0.3, -0.25) is 9.78 Å². The maximum Gasteiger partial charge on any atom is 0.171 e. The van der Waals surface area contributed by atoms with Crippen LogP contribution in [-0.4, -0.2) is 10.8 Å². The van der Waals surface area contributed by atoms with Gasteiger partial charge in [0, 0.05) is 11.2 Å². The third kappa shape index (κ3) is 2.74. The molecule has 1 heterocycles. The van der Waals surface area contributed by atoms with Crippen molar-refractivity contribution in [3.05, 3.63) is 64.2 Å². The highest BCUT2D eigenvalue weighted by Crippen LogP contribution is 2.17. The molecule has 0 saturated heterocycles. The Morgan fingerprint density at radius 3 is 2.89 bits per heavy atom. The molecule has 0 fully saturated rings. The lowest BCUT2D eigenvalue weighted by atomic mass is 10.0. The van der Waals surface area contributed by atoms with Gasteiger partial charge < -0.3 is 0 Å². The van der Waals surface area contributed by atoms with E-state index in [1.54, 1.807) is 12.3 Å². The second-order valence-corrected chi connectivity index (χ2v) is 4.43. The molecule has 0 saturated carbocycles. The molecule has 18 heavy (non-hydrogen) atoms. The van der Waals surface area contributed by atoms with Gasteiger partial charge in [0.1, 0.15) is 5.82 Å². The lowest BCUT2D eigenvalue weighted by Gasteiger charge is -2.05. The first-order chi connectivity index (χ1) is 8.58. The number of aryl methyl sites for hydroxylation is 1. The SMILES string of the molecule is Cc1cccnc1CC(=O)c1cc(Cl)ccc1F. The topological polar surface area (TPSA) is 30.0 Å². The van der Waals surface area contributed by atoms with Gasteiger partial charge in [-0.05, 0) is 36.8 Å². The highest BCUT2D eigenvalue weighted by atomic mass is 35.5. The Hall–Kier alpha value is -1.74. The molecule has 2 rings (SSSR count). The van der Waals surface area contributed by atoms with Crippen molar-refractivity contribution in [2.75, 3.05) is 0 Å². The maximum atomic E-state index is 13.5. The lowest BCUT2D eigenvalue weighted by molar-refractivity contribution is 0.0988. The summed E-state index contributed by atoms with van der Waals surface area (Å²) < 4.78 is 13.5. The van der Waals surface area contributed by atoms with Gasteiger partial charge in [0.05, 0.1) is 17.7 Å². The fourth-order valence-electron chi connectivity index (χ4n) is 1.66. The van der Waals surface area contributed by atoms with E-state index >= 15 is 0 Å². The van der Waals surface area contributed by atoms with Crippen molar-refractivity contribution >= 4 is 17.4 Å². The van der Waals surface area contributed by atoms with Crippen LogP contribution in [0, 0.1) is 12.7 Å². The molecule has 0 bridgehead atoms. The van der Waals surface area contributed by atoms with Crippen LogP contribution in [0.5, 0.6) is 0 Å². The molecule has 0 N–H and O–H groups in total. The van der Waals surface area contributed by atoms with Crippen LogP contribution in [0.4, 0.5) is 4.39 Å². The van der Waals surface area contributed by atoms with Crippen molar-refractivity contribution in [3.8, 4) is 0 Å². The molecule has 2 nitrogen and oxygen atoms in total. The number of Topliss-reactive ketones (excluding diaryl/α,β-unsaturated/α-hetero) is 1. The van der Waals surface area contributed by atoms with Gasteiger partial charge in [-0.25, -0.2) is 4.39 Å². The first kappa shape index (κ1) is 12.7. The van der Waals surface area contributed by atoms with E-state index in [1.807, 2.05) is 13.0 Å².